The van der Waals surface area contributed by atoms with Gasteiger partial charge in [-0.3, -0.25) is 9.38 Å². The average Bonchev–Trinajstić information content (AvgIpc) is 3.57. The summed E-state index contributed by atoms with van der Waals surface area (Å²) >= 11 is 0. The van der Waals surface area contributed by atoms with Crippen LogP contribution in [0.4, 0.5) is 17.1 Å². The minimum atomic E-state index is 0.912. The summed E-state index contributed by atoms with van der Waals surface area (Å²) in [4.78, 5) is 17.4. The molecule has 0 saturated heterocycles. The molecular weight excluding hydrogens is 635 g/mol. The van der Waals surface area contributed by atoms with E-state index in [2.05, 4.69) is 178 Å². The van der Waals surface area contributed by atoms with Crippen LogP contribution in [-0.4, -0.2) is 19.4 Å². The molecule has 4 heterocycles. The Morgan fingerprint density at radius 2 is 1.23 bits per heavy atom. The Morgan fingerprint density at radius 1 is 0.538 bits per heavy atom. The minimum Gasteiger partial charge on any atom is -0.309 e. The molecule has 52 heavy (non-hydrogen) atoms. The fraction of sp³-hybridized carbons (Fsp3) is 0.0426. The molecule has 4 aromatic heterocycles. The molecule has 0 atom stereocenters. The van der Waals surface area contributed by atoms with Crippen molar-refractivity contribution in [2.24, 2.45) is 0 Å². The van der Waals surface area contributed by atoms with Crippen molar-refractivity contribution in [2.75, 3.05) is 4.90 Å². The smallest absolute Gasteiger partial charge is 0.138 e. The van der Waals surface area contributed by atoms with Crippen LogP contribution >= 0.6 is 0 Å². The SMILES string of the molecule is C1=C(c2ccc(-c3ccc4ccc5cccnc5c4n3)cc2)c2c(nc3ccc(N(c4ccccc4)c4ccccc4)cn23)-c2ccccc2CC1. The summed E-state index contributed by atoms with van der Waals surface area (Å²) in [6.07, 6.45) is 8.35. The maximum atomic E-state index is 5.32. The first-order valence-corrected chi connectivity index (χ1v) is 17.7. The number of aryl methyl sites for hydroxylation is 1. The molecular formula is C47H33N5. The fourth-order valence-corrected chi connectivity index (χ4v) is 7.61. The third-order valence-electron chi connectivity index (χ3n) is 10.1. The van der Waals surface area contributed by atoms with E-state index in [4.69, 9.17) is 9.97 Å². The number of aromatic nitrogens is 4. The molecule has 0 aliphatic heterocycles. The second kappa shape index (κ2) is 12.5. The summed E-state index contributed by atoms with van der Waals surface area (Å²) in [5.74, 6) is 0. The lowest BCUT2D eigenvalue weighted by atomic mass is 9.90. The first kappa shape index (κ1) is 30.0. The molecule has 0 amide bonds. The van der Waals surface area contributed by atoms with Crippen molar-refractivity contribution < 1.29 is 0 Å². The van der Waals surface area contributed by atoms with Crippen LogP contribution < -0.4 is 4.90 Å². The predicted molar refractivity (Wildman–Crippen MR) is 213 cm³/mol. The van der Waals surface area contributed by atoms with Crippen molar-refractivity contribution in [1.82, 2.24) is 19.4 Å². The highest BCUT2D eigenvalue weighted by Crippen LogP contribution is 2.40. The lowest BCUT2D eigenvalue weighted by molar-refractivity contribution is 0.995. The van der Waals surface area contributed by atoms with Crippen molar-refractivity contribution >= 4 is 50.1 Å². The summed E-state index contributed by atoms with van der Waals surface area (Å²) in [5.41, 5.74) is 14.9. The van der Waals surface area contributed by atoms with Crippen LogP contribution in [0.15, 0.2) is 176 Å². The molecule has 246 valence electrons. The average molecular weight is 668 g/mol. The number of pyridine rings is 3. The number of para-hydroxylation sites is 2. The summed E-state index contributed by atoms with van der Waals surface area (Å²) in [6, 6.07) is 55.5. The molecule has 5 aromatic carbocycles. The van der Waals surface area contributed by atoms with E-state index in [0.29, 0.717) is 0 Å². The highest BCUT2D eigenvalue weighted by atomic mass is 15.2. The van der Waals surface area contributed by atoms with Crippen LogP contribution in [0, 0.1) is 0 Å². The molecule has 0 spiro atoms. The summed E-state index contributed by atoms with van der Waals surface area (Å²) in [5, 5.41) is 2.18. The van der Waals surface area contributed by atoms with Gasteiger partial charge in [-0.05, 0) is 72.5 Å². The Morgan fingerprint density at radius 3 is 2.02 bits per heavy atom. The Hall–Kier alpha value is -6.85. The van der Waals surface area contributed by atoms with E-state index < -0.39 is 0 Å². The zero-order chi connectivity index (χ0) is 34.4. The molecule has 0 fully saturated rings. The van der Waals surface area contributed by atoms with Crippen molar-refractivity contribution in [3.05, 3.63) is 193 Å². The van der Waals surface area contributed by atoms with Crippen molar-refractivity contribution in [1.29, 1.82) is 0 Å². The number of anilines is 3. The molecule has 1 aliphatic carbocycles. The van der Waals surface area contributed by atoms with Gasteiger partial charge in [0.2, 0.25) is 0 Å². The normalized spacial score (nSPS) is 12.6. The fourth-order valence-electron chi connectivity index (χ4n) is 7.61. The third-order valence-corrected chi connectivity index (χ3v) is 10.1. The quantitative estimate of drug-likeness (QED) is 0.171. The molecule has 0 unspecified atom stereocenters. The molecule has 0 saturated carbocycles. The molecule has 5 heteroatoms. The summed E-state index contributed by atoms with van der Waals surface area (Å²) in [6.45, 7) is 0. The number of hydrogen-bond donors (Lipinski definition) is 0. The molecule has 5 nitrogen and oxygen atoms in total. The van der Waals surface area contributed by atoms with Gasteiger partial charge in [-0.2, -0.15) is 0 Å². The number of benzene rings is 5. The van der Waals surface area contributed by atoms with E-state index in [-0.39, 0.29) is 0 Å². The number of nitrogens with zero attached hydrogens (tertiary/aromatic N) is 5. The lowest BCUT2D eigenvalue weighted by Crippen LogP contribution is -2.11. The van der Waals surface area contributed by atoms with Crippen molar-refractivity contribution in [3.63, 3.8) is 0 Å². The Bertz CT molecular complexity index is 2740. The second-order valence-corrected chi connectivity index (χ2v) is 13.2. The van der Waals surface area contributed by atoms with Gasteiger partial charge in [0.15, 0.2) is 0 Å². The molecule has 0 N–H and O–H groups in total. The predicted octanol–water partition coefficient (Wildman–Crippen LogP) is 11.6. The van der Waals surface area contributed by atoms with E-state index in [0.717, 1.165) is 85.6 Å². The second-order valence-electron chi connectivity index (χ2n) is 13.2. The first-order valence-electron chi connectivity index (χ1n) is 17.7. The van der Waals surface area contributed by atoms with E-state index in [1.807, 2.05) is 12.3 Å². The zero-order valence-electron chi connectivity index (χ0n) is 28.4. The van der Waals surface area contributed by atoms with Crippen LogP contribution in [0.1, 0.15) is 23.2 Å². The minimum absolute atomic E-state index is 0.912. The molecule has 9 aromatic rings. The summed E-state index contributed by atoms with van der Waals surface area (Å²) < 4.78 is 2.29. The Balaban J connectivity index is 1.12. The number of fused-ring (bicyclic) bond motifs is 8. The summed E-state index contributed by atoms with van der Waals surface area (Å²) in [7, 11) is 0. The number of allylic oxidation sites excluding steroid dienone is 1. The third kappa shape index (κ3) is 5.14. The van der Waals surface area contributed by atoms with Gasteiger partial charge < -0.3 is 4.90 Å². The highest BCUT2D eigenvalue weighted by Gasteiger charge is 2.24. The largest absolute Gasteiger partial charge is 0.309 e. The van der Waals surface area contributed by atoms with Crippen molar-refractivity contribution in [2.45, 2.75) is 12.8 Å². The highest BCUT2D eigenvalue weighted by molar-refractivity contribution is 6.03. The zero-order valence-corrected chi connectivity index (χ0v) is 28.4. The Kier molecular flexibility index (Phi) is 7.21. The van der Waals surface area contributed by atoms with Crippen molar-refractivity contribution in [3.8, 4) is 22.5 Å². The topological polar surface area (TPSA) is 46.3 Å². The van der Waals surface area contributed by atoms with Gasteiger partial charge in [0, 0.05) is 51.2 Å². The van der Waals surface area contributed by atoms with E-state index in [1.165, 1.54) is 16.7 Å². The van der Waals surface area contributed by atoms with E-state index in [9.17, 15) is 0 Å². The van der Waals surface area contributed by atoms with E-state index in [1.54, 1.807) is 0 Å². The van der Waals surface area contributed by atoms with Crippen LogP contribution in [0.25, 0.3) is 55.5 Å². The first-order chi connectivity index (χ1) is 25.8. The van der Waals surface area contributed by atoms with Gasteiger partial charge in [-0.1, -0.05) is 115 Å². The van der Waals surface area contributed by atoms with Gasteiger partial charge in [-0.25, -0.2) is 9.97 Å². The van der Waals surface area contributed by atoms with Gasteiger partial charge in [0.25, 0.3) is 0 Å². The lowest BCUT2D eigenvalue weighted by Gasteiger charge is -2.25. The van der Waals surface area contributed by atoms with Gasteiger partial charge in [-0.15, -0.1) is 0 Å². The molecule has 0 radical (unpaired) electrons. The maximum Gasteiger partial charge on any atom is 0.138 e. The van der Waals surface area contributed by atoms with Gasteiger partial charge in [0.1, 0.15) is 5.65 Å². The monoisotopic (exact) mass is 667 g/mol. The molecule has 10 rings (SSSR count). The van der Waals surface area contributed by atoms with E-state index >= 15 is 0 Å². The number of rotatable bonds is 5. The van der Waals surface area contributed by atoms with Gasteiger partial charge >= 0.3 is 0 Å². The van der Waals surface area contributed by atoms with Crippen LogP contribution in [-0.2, 0) is 6.42 Å². The van der Waals surface area contributed by atoms with Crippen LogP contribution in [0.2, 0.25) is 0 Å². The maximum absolute atomic E-state index is 5.32. The molecule has 0 bridgehead atoms. The van der Waals surface area contributed by atoms with Gasteiger partial charge in [0.05, 0.1) is 33.8 Å². The molecule has 1 aliphatic rings. The standard InChI is InChI=1S/C47H33N5/c1-3-14-37(15-4-1)52(38-16-5-2-6-17-38)39-27-29-43-50-46-40-18-8-7-11-32(40)12-9-19-41(47(46)51(43)31-39)33-20-22-34(23-21-33)42-28-26-36-25-24-35-13-10-30-48-44(35)45(36)49-42/h1-8,10-11,13-31H,9,12H2. The number of imidazole rings is 1. The number of hydrogen-bond acceptors (Lipinski definition) is 4. The van der Waals surface area contributed by atoms with Crippen LogP contribution in [0.3, 0.4) is 0 Å². The van der Waals surface area contributed by atoms with Crippen LogP contribution in [0.5, 0.6) is 0 Å². The Labute approximate surface area is 301 Å².